The molecule has 1 N–H and O–H groups in total. The van der Waals surface area contributed by atoms with Crippen molar-refractivity contribution in [2.75, 3.05) is 28.2 Å². The van der Waals surface area contributed by atoms with Crippen molar-refractivity contribution in [2.45, 2.75) is 6.92 Å². The molecule has 11 heavy (non-hydrogen) atoms. The number of carbonyl (C=O) groups is 1. The third-order valence-corrected chi connectivity index (χ3v) is 0. The quantitative estimate of drug-likeness (QED) is 0.380. The second-order valence-corrected chi connectivity index (χ2v) is 3.17. The number of carbonyl (C=O) groups excluding carboxylic acids is 1. The number of nitrogens with zero attached hydrogens (tertiary/aromatic N) is 1. The van der Waals surface area contributed by atoms with E-state index in [0.29, 0.717) is 0 Å². The van der Waals surface area contributed by atoms with Gasteiger partial charge in [-0.1, -0.05) is 0 Å². The summed E-state index contributed by atoms with van der Waals surface area (Å²) in [4.78, 5) is 8.89. The number of hydrogen-bond acceptors (Lipinski definition) is 3. The third kappa shape index (κ3) is 3590000. The van der Waals surface area contributed by atoms with Gasteiger partial charge in [0.25, 0.3) is 0 Å². The minimum absolute atomic E-state index is 0. The maximum absolute atomic E-state index is 8.89. The fourth-order valence-electron chi connectivity index (χ4n) is 0. The van der Waals surface area contributed by atoms with Gasteiger partial charge in [0.2, 0.25) is 0 Å². The zero-order valence-corrected chi connectivity index (χ0v) is 10.9. The van der Waals surface area contributed by atoms with Gasteiger partial charge in [0.15, 0.2) is 0 Å². The Bertz CT molecular complexity index is 80.3. The molecule has 0 spiro atoms. The number of hydrogen-bond donors (Lipinski definition) is 0. The van der Waals surface area contributed by atoms with E-state index in [1.807, 2.05) is 0 Å². The summed E-state index contributed by atoms with van der Waals surface area (Å²) in [7, 11) is 8.50. The van der Waals surface area contributed by atoms with Crippen molar-refractivity contribution in [3.05, 3.63) is 0 Å². The average Bonchev–Trinajstić information content (AvgIpc) is 1.19. The van der Waals surface area contributed by atoms with Crippen molar-refractivity contribution >= 4 is 5.97 Å². The molecule has 0 rings (SSSR count). The van der Waals surface area contributed by atoms with Crippen LogP contribution in [-0.4, -0.2) is 44.1 Å². The Balaban J connectivity index is -0.0000000383. The van der Waals surface area contributed by atoms with Crippen LogP contribution in [-0.2, 0) is 24.3 Å². The van der Waals surface area contributed by atoms with Crippen LogP contribution in [0.5, 0.6) is 0 Å². The van der Waals surface area contributed by atoms with Crippen LogP contribution in [0.3, 0.4) is 0 Å². The van der Waals surface area contributed by atoms with Crippen molar-refractivity contribution in [1.29, 1.82) is 0 Å². The van der Waals surface area contributed by atoms with E-state index in [1.54, 1.807) is 0 Å². The van der Waals surface area contributed by atoms with E-state index in [-0.39, 0.29) is 25.0 Å². The van der Waals surface area contributed by atoms with Crippen molar-refractivity contribution in [1.82, 2.24) is 0 Å². The van der Waals surface area contributed by atoms with Crippen LogP contribution < -0.4 is 5.11 Å². The van der Waals surface area contributed by atoms with E-state index in [0.717, 1.165) is 11.4 Å². The molecule has 0 bridgehead atoms. The van der Waals surface area contributed by atoms with Crippen LogP contribution in [0.25, 0.3) is 0 Å². The van der Waals surface area contributed by atoms with Gasteiger partial charge < -0.3 is 19.9 Å². The molecule has 0 heterocycles. The summed E-state index contributed by atoms with van der Waals surface area (Å²) in [5.74, 6) is -1.08. The molecule has 0 aromatic heterocycles. The van der Waals surface area contributed by atoms with Crippen molar-refractivity contribution < 1.29 is 39.3 Å². The molecule has 0 saturated heterocycles. The molecule has 1 radical (unpaired) electrons. The largest absolute Gasteiger partial charge is 1.00 e. The predicted molar refractivity (Wildman–Crippen MR) is 36.6 cm³/mol. The summed E-state index contributed by atoms with van der Waals surface area (Å²) >= 11 is 0. The monoisotopic (exact) mass is 214 g/mol. The van der Waals surface area contributed by atoms with Gasteiger partial charge in [-0.05, 0) is 6.92 Å². The molecule has 0 aromatic rings. The average molecular weight is 216 g/mol. The van der Waals surface area contributed by atoms with Gasteiger partial charge in [-0.2, -0.15) is 0 Å². The van der Waals surface area contributed by atoms with Gasteiger partial charge in [0.1, 0.15) is 0 Å². The van der Waals surface area contributed by atoms with Crippen LogP contribution in [0.2, 0.25) is 0 Å². The molecule has 0 amide bonds. The molecule has 0 atom stereocenters. The summed E-state index contributed by atoms with van der Waals surface area (Å²) in [6.45, 7) is 0.972. The van der Waals surface area contributed by atoms with E-state index < -0.39 is 5.97 Å². The third-order valence-electron chi connectivity index (χ3n) is 0. The summed E-state index contributed by atoms with van der Waals surface area (Å²) in [6, 6.07) is 0. The normalized spacial score (nSPS) is 7.73. The molecule has 4 nitrogen and oxygen atoms in total. The van der Waals surface area contributed by atoms with Crippen molar-refractivity contribution in [3.8, 4) is 0 Å². The molecule has 0 aliphatic rings. The summed E-state index contributed by atoms with van der Waals surface area (Å²) in [5, 5.41) is 8.89. The van der Waals surface area contributed by atoms with Crippen LogP contribution >= 0.6 is 0 Å². The van der Waals surface area contributed by atoms with Gasteiger partial charge in [-0.15, -0.1) is 0 Å². The first-order valence-electron chi connectivity index (χ1n) is 2.70. The van der Waals surface area contributed by atoms with Gasteiger partial charge in [-0.3, -0.25) is 0 Å². The molecular formula is C6H16NO3Zn. The molecule has 5 heteroatoms. The molecule has 65 valence electrons. The Morgan fingerprint density at radius 2 is 1.18 bits per heavy atom. The minimum atomic E-state index is -1.08. The van der Waals surface area contributed by atoms with E-state index in [1.165, 1.54) is 0 Å². The molecule has 0 fully saturated rings. The van der Waals surface area contributed by atoms with Gasteiger partial charge in [0.05, 0.1) is 28.2 Å². The first-order chi connectivity index (χ1) is 3.73. The Labute approximate surface area is 80.9 Å². The topological polar surface area (TPSA) is 70.1 Å². The SMILES string of the molecule is CC(=O)[O-].C[N+](C)(C)C.[OH-].[Zn+]. The standard InChI is InChI=1S/C4H12N.C2H4O2.H2O.Zn/c1-5(2,3)4;1-2(3)4;;/h1-4H3;1H3,(H,3,4);1H2;/q+1;;;+1/p-2. The summed E-state index contributed by atoms with van der Waals surface area (Å²) in [5.41, 5.74) is 0. The Kier molecular flexibility index (Phi) is 20.4. The maximum Gasteiger partial charge on any atom is 1.00 e. The molecule has 0 unspecified atom stereocenters. The molecule has 0 aliphatic carbocycles. The fraction of sp³-hybridized carbons (Fsp3) is 0.833. The van der Waals surface area contributed by atoms with Gasteiger partial charge in [-0.25, -0.2) is 0 Å². The first-order valence-corrected chi connectivity index (χ1v) is 2.70. The van der Waals surface area contributed by atoms with E-state index in [2.05, 4.69) is 28.2 Å². The van der Waals surface area contributed by atoms with Crippen molar-refractivity contribution in [3.63, 3.8) is 0 Å². The number of aliphatic carboxylic acids is 1. The van der Waals surface area contributed by atoms with E-state index in [4.69, 9.17) is 9.90 Å². The fourth-order valence-corrected chi connectivity index (χ4v) is 0. The van der Waals surface area contributed by atoms with Gasteiger partial charge in [0, 0.05) is 5.97 Å². The van der Waals surface area contributed by atoms with Crippen LogP contribution in [0.4, 0.5) is 0 Å². The molecular weight excluding hydrogens is 199 g/mol. The second kappa shape index (κ2) is 10.0. The van der Waals surface area contributed by atoms with Gasteiger partial charge >= 0.3 is 19.5 Å². The molecule has 0 aliphatic heterocycles. The zero-order valence-electron chi connectivity index (χ0n) is 7.92. The van der Waals surface area contributed by atoms with Crippen LogP contribution in [0.1, 0.15) is 6.92 Å². The number of quaternary nitrogens is 1. The Morgan fingerprint density at radius 3 is 1.18 bits per heavy atom. The molecule has 0 saturated carbocycles. The first kappa shape index (κ1) is 22.5. The van der Waals surface area contributed by atoms with Crippen LogP contribution in [0.15, 0.2) is 0 Å². The summed E-state index contributed by atoms with van der Waals surface area (Å²) in [6.07, 6.45) is 0. The maximum atomic E-state index is 8.89. The summed E-state index contributed by atoms with van der Waals surface area (Å²) < 4.78 is 1.00. The predicted octanol–water partition coefficient (Wildman–Crippen LogP) is -1.10. The zero-order chi connectivity index (χ0) is 8.08. The number of carboxylic acids is 1. The Hall–Kier alpha value is 0.0134. The van der Waals surface area contributed by atoms with Crippen LogP contribution in [0, 0.1) is 0 Å². The smallest absolute Gasteiger partial charge is 0.870 e. The number of carboxylic acid groups (broad SMARTS) is 1. The van der Waals surface area contributed by atoms with E-state index >= 15 is 0 Å². The number of rotatable bonds is 0. The molecule has 0 aromatic carbocycles. The minimum Gasteiger partial charge on any atom is -0.870 e. The Morgan fingerprint density at radius 1 is 1.18 bits per heavy atom. The van der Waals surface area contributed by atoms with Crippen molar-refractivity contribution in [2.24, 2.45) is 0 Å². The second-order valence-electron chi connectivity index (χ2n) is 3.17. The van der Waals surface area contributed by atoms with E-state index in [9.17, 15) is 0 Å².